The Kier molecular flexibility index (Phi) is 4.43. The number of benzene rings is 1. The molecule has 4 rings (SSSR count). The van der Waals surface area contributed by atoms with Gasteiger partial charge < -0.3 is 10.1 Å². The van der Waals surface area contributed by atoms with Crippen molar-refractivity contribution in [1.29, 1.82) is 0 Å². The van der Waals surface area contributed by atoms with Gasteiger partial charge in [0, 0.05) is 17.5 Å². The molecular formula is C18H22N4O2S. The largest absolute Gasteiger partial charge is 0.497 e. The van der Waals surface area contributed by atoms with Gasteiger partial charge in [-0.25, -0.2) is 0 Å². The van der Waals surface area contributed by atoms with Crippen LogP contribution in [0, 0.1) is 12.8 Å². The number of ether oxygens (including phenoxy) is 1. The summed E-state index contributed by atoms with van der Waals surface area (Å²) < 4.78 is 5.40. The molecule has 2 N–H and O–H groups in total. The number of nitrogens with one attached hydrogen (secondary N) is 2. The minimum absolute atomic E-state index is 0.181. The SMILES string of the molecule is COc1cc(C(=O)Nc2nnc(C)s2)cc(C2CC2NCC2CC2)c1. The van der Waals surface area contributed by atoms with Crippen LogP contribution in [0.2, 0.25) is 0 Å². The zero-order chi connectivity index (χ0) is 17.4. The summed E-state index contributed by atoms with van der Waals surface area (Å²) in [5.41, 5.74) is 1.75. The number of hydrogen-bond acceptors (Lipinski definition) is 6. The van der Waals surface area contributed by atoms with E-state index in [-0.39, 0.29) is 5.91 Å². The molecule has 0 radical (unpaired) electrons. The van der Waals surface area contributed by atoms with Crippen LogP contribution in [0.4, 0.5) is 5.13 Å². The quantitative estimate of drug-likeness (QED) is 0.796. The second-order valence-corrected chi connectivity index (χ2v) is 8.06. The molecule has 0 aliphatic heterocycles. The summed E-state index contributed by atoms with van der Waals surface area (Å²) in [6.45, 7) is 2.98. The van der Waals surface area contributed by atoms with Crippen molar-refractivity contribution in [2.24, 2.45) is 5.92 Å². The van der Waals surface area contributed by atoms with E-state index in [9.17, 15) is 4.79 Å². The lowest BCUT2D eigenvalue weighted by atomic mass is 10.1. The van der Waals surface area contributed by atoms with Crippen molar-refractivity contribution in [3.05, 3.63) is 34.3 Å². The van der Waals surface area contributed by atoms with E-state index in [1.165, 1.54) is 24.2 Å². The first-order valence-corrected chi connectivity index (χ1v) is 9.48. The highest BCUT2D eigenvalue weighted by atomic mass is 32.1. The number of hydrogen-bond donors (Lipinski definition) is 2. The minimum atomic E-state index is -0.181. The summed E-state index contributed by atoms with van der Waals surface area (Å²) >= 11 is 1.36. The van der Waals surface area contributed by atoms with Crippen LogP contribution in [-0.2, 0) is 0 Å². The number of aromatic nitrogens is 2. The highest BCUT2D eigenvalue weighted by Crippen LogP contribution is 2.43. The summed E-state index contributed by atoms with van der Waals surface area (Å²) in [4.78, 5) is 12.5. The highest BCUT2D eigenvalue weighted by Gasteiger charge is 2.39. The standard InChI is InChI=1S/C18H22N4O2S/c1-10-21-22-18(25-10)20-17(23)13-5-12(6-14(7-13)24-2)15-8-16(15)19-9-11-3-4-11/h5-7,11,15-16,19H,3-4,8-9H2,1-2H3,(H,20,22,23). The second kappa shape index (κ2) is 6.72. The van der Waals surface area contributed by atoms with Gasteiger partial charge in [0.2, 0.25) is 5.13 Å². The Morgan fingerprint density at radius 1 is 1.32 bits per heavy atom. The van der Waals surface area contributed by atoms with Gasteiger partial charge in [-0.15, -0.1) is 10.2 Å². The fourth-order valence-corrected chi connectivity index (χ4v) is 3.62. The zero-order valence-corrected chi connectivity index (χ0v) is 15.2. The number of carbonyl (C=O) groups is 1. The molecule has 25 heavy (non-hydrogen) atoms. The molecule has 1 amide bonds. The zero-order valence-electron chi connectivity index (χ0n) is 14.4. The van der Waals surface area contributed by atoms with Gasteiger partial charge in [0.05, 0.1) is 7.11 Å². The molecule has 1 aromatic heterocycles. The van der Waals surface area contributed by atoms with E-state index < -0.39 is 0 Å². The first-order chi connectivity index (χ1) is 12.1. The van der Waals surface area contributed by atoms with Crippen molar-refractivity contribution >= 4 is 22.4 Å². The van der Waals surface area contributed by atoms with Crippen LogP contribution in [0.15, 0.2) is 18.2 Å². The van der Waals surface area contributed by atoms with Crippen molar-refractivity contribution < 1.29 is 9.53 Å². The molecule has 2 aliphatic carbocycles. The first-order valence-electron chi connectivity index (χ1n) is 8.66. The molecule has 7 heteroatoms. The summed E-state index contributed by atoms with van der Waals surface area (Å²) in [5.74, 6) is 1.87. The van der Waals surface area contributed by atoms with Crippen LogP contribution < -0.4 is 15.4 Å². The molecule has 0 saturated heterocycles. The third-order valence-electron chi connectivity index (χ3n) is 4.76. The second-order valence-electron chi connectivity index (χ2n) is 6.88. The Labute approximate surface area is 151 Å². The molecule has 0 spiro atoms. The first kappa shape index (κ1) is 16.5. The fraction of sp³-hybridized carbons (Fsp3) is 0.500. The van der Waals surface area contributed by atoms with Crippen LogP contribution >= 0.6 is 11.3 Å². The average molecular weight is 358 g/mol. The lowest BCUT2D eigenvalue weighted by molar-refractivity contribution is 0.102. The van der Waals surface area contributed by atoms with E-state index >= 15 is 0 Å². The molecular weight excluding hydrogens is 336 g/mol. The van der Waals surface area contributed by atoms with Crippen LogP contribution in [0.1, 0.15) is 46.1 Å². The number of rotatable bonds is 7. The van der Waals surface area contributed by atoms with E-state index in [1.54, 1.807) is 13.2 Å². The minimum Gasteiger partial charge on any atom is -0.497 e. The Hall–Kier alpha value is -1.99. The molecule has 132 valence electrons. The topological polar surface area (TPSA) is 76.1 Å². The lowest BCUT2D eigenvalue weighted by Crippen LogP contribution is -2.20. The van der Waals surface area contributed by atoms with E-state index in [4.69, 9.17) is 4.74 Å². The number of methoxy groups -OCH3 is 1. The third-order valence-corrected chi connectivity index (χ3v) is 5.51. The fourth-order valence-electron chi connectivity index (χ4n) is 3.03. The normalized spacial score (nSPS) is 21.8. The smallest absolute Gasteiger partial charge is 0.257 e. The predicted octanol–water partition coefficient (Wildman–Crippen LogP) is 2.96. The van der Waals surface area contributed by atoms with Crippen LogP contribution in [-0.4, -0.2) is 35.8 Å². The van der Waals surface area contributed by atoms with Crippen molar-refractivity contribution in [2.45, 2.75) is 38.1 Å². The maximum absolute atomic E-state index is 12.5. The Bertz CT molecular complexity index is 787. The van der Waals surface area contributed by atoms with E-state index in [1.807, 2.05) is 19.1 Å². The van der Waals surface area contributed by atoms with Crippen molar-refractivity contribution in [2.75, 3.05) is 19.0 Å². The lowest BCUT2D eigenvalue weighted by Gasteiger charge is -2.09. The van der Waals surface area contributed by atoms with Crippen LogP contribution in [0.3, 0.4) is 0 Å². The van der Waals surface area contributed by atoms with Crippen molar-refractivity contribution in [3.63, 3.8) is 0 Å². The summed E-state index contributed by atoms with van der Waals surface area (Å²) in [7, 11) is 1.63. The number of amides is 1. The Morgan fingerprint density at radius 3 is 2.84 bits per heavy atom. The van der Waals surface area contributed by atoms with Gasteiger partial charge in [0.1, 0.15) is 10.8 Å². The molecule has 0 bridgehead atoms. The van der Waals surface area contributed by atoms with Gasteiger partial charge >= 0.3 is 0 Å². The van der Waals surface area contributed by atoms with E-state index in [0.717, 1.165) is 29.5 Å². The summed E-state index contributed by atoms with van der Waals surface area (Å²) in [5, 5.41) is 15.7. The van der Waals surface area contributed by atoms with Crippen LogP contribution in [0.5, 0.6) is 5.75 Å². The molecule has 2 atom stereocenters. The van der Waals surface area contributed by atoms with Gasteiger partial charge in [-0.1, -0.05) is 11.3 Å². The number of aryl methyl sites for hydroxylation is 1. The molecule has 1 aromatic carbocycles. The highest BCUT2D eigenvalue weighted by molar-refractivity contribution is 7.15. The number of carbonyl (C=O) groups excluding carboxylic acids is 1. The van der Waals surface area contributed by atoms with Crippen molar-refractivity contribution in [1.82, 2.24) is 15.5 Å². The van der Waals surface area contributed by atoms with Gasteiger partial charge in [0.25, 0.3) is 5.91 Å². The maximum atomic E-state index is 12.5. The maximum Gasteiger partial charge on any atom is 0.257 e. The molecule has 1 heterocycles. The predicted molar refractivity (Wildman–Crippen MR) is 97.5 cm³/mol. The Morgan fingerprint density at radius 2 is 2.16 bits per heavy atom. The molecule has 2 aliphatic rings. The van der Waals surface area contributed by atoms with E-state index in [2.05, 4.69) is 20.8 Å². The molecule has 2 unspecified atom stereocenters. The van der Waals surface area contributed by atoms with Gasteiger partial charge in [-0.2, -0.15) is 0 Å². The molecule has 2 fully saturated rings. The Balaban J connectivity index is 1.47. The summed E-state index contributed by atoms with van der Waals surface area (Å²) in [6.07, 6.45) is 3.84. The third kappa shape index (κ3) is 3.99. The monoisotopic (exact) mass is 358 g/mol. The van der Waals surface area contributed by atoms with Gasteiger partial charge in [-0.05, 0) is 62.4 Å². The van der Waals surface area contributed by atoms with Crippen molar-refractivity contribution in [3.8, 4) is 5.75 Å². The molecule has 6 nitrogen and oxygen atoms in total. The summed E-state index contributed by atoms with van der Waals surface area (Å²) in [6, 6.07) is 6.29. The van der Waals surface area contributed by atoms with Gasteiger partial charge in [-0.3, -0.25) is 10.1 Å². The van der Waals surface area contributed by atoms with Gasteiger partial charge in [0.15, 0.2) is 0 Å². The molecule has 2 saturated carbocycles. The molecule has 2 aromatic rings. The number of nitrogens with zero attached hydrogens (tertiary/aromatic N) is 2. The average Bonchev–Trinajstić information content (AvgIpc) is 3.52. The number of anilines is 1. The van der Waals surface area contributed by atoms with Crippen LogP contribution in [0.25, 0.3) is 0 Å². The van der Waals surface area contributed by atoms with E-state index in [0.29, 0.717) is 28.4 Å².